The molecule has 2 aliphatic carbocycles. The van der Waals surface area contributed by atoms with Crippen LogP contribution < -0.4 is 5.19 Å². The molecule has 2 atom stereocenters. The lowest BCUT2D eigenvalue weighted by atomic mass is 9.54. The van der Waals surface area contributed by atoms with E-state index in [1.54, 1.807) is 27.1 Å². The standard InChI is InChI=1S/C28H40Si/c1-9-23-16-24(10-2)18-25(17-23)29-26-21(6)20(5)22(7)27(26,8)28(19(3)4)14-12-11-13-15-28/h11-14,16-19H,9-10,15,29H2,1-8H3. The molecule has 0 amide bonds. The van der Waals surface area contributed by atoms with Gasteiger partial charge in [-0.1, -0.05) is 98.7 Å². The number of aryl methyl sites for hydroxylation is 2. The van der Waals surface area contributed by atoms with Crippen molar-refractivity contribution in [1.82, 2.24) is 0 Å². The second-order valence-electron chi connectivity index (χ2n) is 9.71. The maximum Gasteiger partial charge on any atom is 0.0839 e. The van der Waals surface area contributed by atoms with Crippen molar-refractivity contribution < 1.29 is 0 Å². The Balaban J connectivity index is 2.15. The molecule has 0 nitrogen and oxygen atoms in total. The normalized spacial score (nSPS) is 27.3. The van der Waals surface area contributed by atoms with Gasteiger partial charge in [-0.05, 0) is 62.7 Å². The van der Waals surface area contributed by atoms with Crippen LogP contribution in [0, 0.1) is 16.7 Å². The molecule has 1 heteroatoms. The molecule has 0 bridgehead atoms. The summed E-state index contributed by atoms with van der Waals surface area (Å²) in [6.07, 6.45) is 12.9. The third-order valence-electron chi connectivity index (χ3n) is 8.30. The van der Waals surface area contributed by atoms with E-state index in [0.717, 1.165) is 19.3 Å². The Morgan fingerprint density at radius 2 is 1.55 bits per heavy atom. The first-order valence-electron chi connectivity index (χ1n) is 11.6. The molecule has 0 saturated heterocycles. The van der Waals surface area contributed by atoms with Crippen molar-refractivity contribution in [3.05, 3.63) is 75.5 Å². The zero-order valence-corrected chi connectivity index (χ0v) is 21.4. The van der Waals surface area contributed by atoms with Crippen molar-refractivity contribution >= 4 is 14.7 Å². The van der Waals surface area contributed by atoms with E-state index >= 15 is 0 Å². The van der Waals surface area contributed by atoms with Crippen LogP contribution in [0.1, 0.15) is 72.9 Å². The van der Waals surface area contributed by atoms with Gasteiger partial charge in [0.1, 0.15) is 0 Å². The van der Waals surface area contributed by atoms with Crippen molar-refractivity contribution in [2.24, 2.45) is 16.7 Å². The highest BCUT2D eigenvalue weighted by Crippen LogP contribution is 2.62. The zero-order valence-electron chi connectivity index (χ0n) is 19.9. The molecule has 3 rings (SSSR count). The molecule has 29 heavy (non-hydrogen) atoms. The minimum atomic E-state index is -0.546. The Morgan fingerprint density at radius 1 is 0.931 bits per heavy atom. The van der Waals surface area contributed by atoms with E-state index in [1.807, 2.05) is 0 Å². The fraction of sp³-hybridized carbons (Fsp3) is 0.500. The molecule has 156 valence electrons. The molecular weight excluding hydrogens is 364 g/mol. The Morgan fingerprint density at radius 3 is 2.03 bits per heavy atom. The average Bonchev–Trinajstić information content (AvgIpc) is 2.90. The van der Waals surface area contributed by atoms with Gasteiger partial charge in [-0.25, -0.2) is 0 Å². The van der Waals surface area contributed by atoms with E-state index in [-0.39, 0.29) is 10.8 Å². The van der Waals surface area contributed by atoms with E-state index in [0.29, 0.717) is 5.92 Å². The summed E-state index contributed by atoms with van der Waals surface area (Å²) < 4.78 is 0. The Hall–Kier alpha value is -1.60. The molecule has 0 aromatic heterocycles. The topological polar surface area (TPSA) is 0 Å². The lowest BCUT2D eigenvalue weighted by molar-refractivity contribution is 0.127. The van der Waals surface area contributed by atoms with Crippen LogP contribution in [0.3, 0.4) is 0 Å². The summed E-state index contributed by atoms with van der Waals surface area (Å²) in [6.45, 7) is 19.2. The van der Waals surface area contributed by atoms with Crippen molar-refractivity contribution in [2.75, 3.05) is 0 Å². The fourth-order valence-corrected chi connectivity index (χ4v) is 8.61. The highest BCUT2D eigenvalue weighted by molar-refractivity contribution is 6.62. The fourth-order valence-electron chi connectivity index (χ4n) is 5.99. The first-order chi connectivity index (χ1) is 13.7. The lowest BCUT2D eigenvalue weighted by Gasteiger charge is -2.52. The van der Waals surface area contributed by atoms with E-state index in [9.17, 15) is 0 Å². The molecule has 1 aromatic rings. The minimum absolute atomic E-state index is 0.122. The van der Waals surface area contributed by atoms with Gasteiger partial charge in [0.15, 0.2) is 0 Å². The van der Waals surface area contributed by atoms with Crippen LogP contribution in [-0.2, 0) is 12.8 Å². The molecule has 0 saturated carbocycles. The van der Waals surface area contributed by atoms with Crippen LogP contribution in [0.25, 0.3) is 0 Å². The van der Waals surface area contributed by atoms with Crippen LogP contribution in [0.4, 0.5) is 0 Å². The molecule has 2 aliphatic rings. The van der Waals surface area contributed by atoms with Gasteiger partial charge < -0.3 is 0 Å². The predicted molar refractivity (Wildman–Crippen MR) is 133 cm³/mol. The van der Waals surface area contributed by atoms with Crippen LogP contribution in [-0.4, -0.2) is 9.52 Å². The summed E-state index contributed by atoms with van der Waals surface area (Å²) in [4.78, 5) is 0. The predicted octanol–water partition coefficient (Wildman–Crippen LogP) is 6.39. The van der Waals surface area contributed by atoms with Gasteiger partial charge in [0.25, 0.3) is 0 Å². The van der Waals surface area contributed by atoms with Crippen molar-refractivity contribution in [1.29, 1.82) is 0 Å². The zero-order chi connectivity index (χ0) is 21.4. The van der Waals surface area contributed by atoms with E-state index < -0.39 is 9.52 Å². The van der Waals surface area contributed by atoms with Crippen molar-refractivity contribution in [2.45, 2.75) is 74.7 Å². The third kappa shape index (κ3) is 3.46. The monoisotopic (exact) mass is 404 g/mol. The van der Waals surface area contributed by atoms with E-state index in [4.69, 9.17) is 0 Å². The quantitative estimate of drug-likeness (QED) is 0.482. The van der Waals surface area contributed by atoms with Gasteiger partial charge in [-0.2, -0.15) is 0 Å². The summed E-state index contributed by atoms with van der Waals surface area (Å²) >= 11 is 0. The molecule has 0 heterocycles. The van der Waals surface area contributed by atoms with Crippen molar-refractivity contribution in [3.63, 3.8) is 0 Å². The Bertz CT molecular complexity index is 886. The maximum atomic E-state index is 2.57. The van der Waals surface area contributed by atoms with Crippen LogP contribution >= 0.6 is 0 Å². The molecule has 0 fully saturated rings. The highest BCUT2D eigenvalue weighted by Gasteiger charge is 2.54. The summed E-state index contributed by atoms with van der Waals surface area (Å²) in [5.41, 5.74) is 8.03. The summed E-state index contributed by atoms with van der Waals surface area (Å²) in [5, 5.41) is 3.40. The van der Waals surface area contributed by atoms with Crippen LogP contribution in [0.5, 0.6) is 0 Å². The smallest absolute Gasteiger partial charge is 0.0836 e. The SMILES string of the molecule is CCc1cc(CC)cc([SiH2]C2=C(C)C(C)=C(C)C2(C)C2(C(C)C)C=CC=CC2)c1. The lowest BCUT2D eigenvalue weighted by Crippen LogP contribution is -2.46. The van der Waals surface area contributed by atoms with Gasteiger partial charge in [0.2, 0.25) is 0 Å². The molecule has 0 N–H and O–H groups in total. The Labute approximate surface area is 181 Å². The largest absolute Gasteiger partial charge is 0.0839 e. The van der Waals surface area contributed by atoms with Gasteiger partial charge in [0, 0.05) is 10.8 Å². The summed E-state index contributed by atoms with van der Waals surface area (Å²) in [6, 6.07) is 7.42. The van der Waals surface area contributed by atoms with Crippen LogP contribution in [0.2, 0.25) is 0 Å². The molecule has 0 radical (unpaired) electrons. The number of rotatable bonds is 6. The van der Waals surface area contributed by atoms with Crippen molar-refractivity contribution in [3.8, 4) is 0 Å². The van der Waals surface area contributed by atoms with E-state index in [1.165, 1.54) is 11.1 Å². The van der Waals surface area contributed by atoms with Gasteiger partial charge in [0.05, 0.1) is 9.52 Å². The minimum Gasteiger partial charge on any atom is -0.0836 e. The third-order valence-corrected chi connectivity index (χ3v) is 10.7. The molecular formula is C28H40Si. The molecule has 0 aliphatic heterocycles. The molecule has 2 unspecified atom stereocenters. The number of hydrogen-bond donors (Lipinski definition) is 0. The first kappa shape index (κ1) is 22.1. The summed E-state index contributed by atoms with van der Waals surface area (Å²) in [5.74, 6) is 0.597. The maximum absolute atomic E-state index is 2.57. The molecule has 1 aromatic carbocycles. The van der Waals surface area contributed by atoms with Gasteiger partial charge in [-0.3, -0.25) is 0 Å². The average molecular weight is 405 g/mol. The second-order valence-corrected chi connectivity index (χ2v) is 11.6. The molecule has 0 spiro atoms. The van der Waals surface area contributed by atoms with Crippen LogP contribution in [0.15, 0.2) is 64.4 Å². The second kappa shape index (κ2) is 8.26. The van der Waals surface area contributed by atoms with Gasteiger partial charge >= 0.3 is 0 Å². The Kier molecular flexibility index (Phi) is 6.29. The summed E-state index contributed by atoms with van der Waals surface area (Å²) in [7, 11) is -0.546. The first-order valence-corrected chi connectivity index (χ1v) is 13.0. The number of allylic oxidation sites excluding steroid dienone is 8. The number of hydrogen-bond acceptors (Lipinski definition) is 0. The highest BCUT2D eigenvalue weighted by atomic mass is 28.2. The van der Waals surface area contributed by atoms with Gasteiger partial charge in [-0.15, -0.1) is 0 Å². The number of benzene rings is 1. The van der Waals surface area contributed by atoms with E-state index in [2.05, 4.69) is 97.9 Å².